The molecule has 0 saturated heterocycles. The molecule has 3 aromatic rings. The second-order valence-corrected chi connectivity index (χ2v) is 6.35. The predicted molar refractivity (Wildman–Crippen MR) is 106 cm³/mol. The second-order valence-electron chi connectivity index (χ2n) is 6.35. The lowest BCUT2D eigenvalue weighted by Crippen LogP contribution is -2.44. The lowest BCUT2D eigenvalue weighted by atomic mass is 10.1. The molecule has 1 atom stereocenters. The van der Waals surface area contributed by atoms with E-state index in [1.807, 2.05) is 30.3 Å². The fourth-order valence-electron chi connectivity index (χ4n) is 2.56. The summed E-state index contributed by atoms with van der Waals surface area (Å²) in [7, 11) is 0. The average Bonchev–Trinajstić information content (AvgIpc) is 3.23. The van der Waals surface area contributed by atoms with Gasteiger partial charge in [-0.2, -0.15) is 0 Å². The summed E-state index contributed by atoms with van der Waals surface area (Å²) in [6.07, 6.45) is -1.25. The van der Waals surface area contributed by atoms with E-state index in [0.29, 0.717) is 0 Å². The molecule has 1 heterocycles. The van der Waals surface area contributed by atoms with Crippen molar-refractivity contribution in [3.8, 4) is 11.3 Å². The van der Waals surface area contributed by atoms with Crippen molar-refractivity contribution in [2.45, 2.75) is 19.6 Å². The number of rotatable bonds is 6. The van der Waals surface area contributed by atoms with Gasteiger partial charge in [-0.1, -0.05) is 42.5 Å². The summed E-state index contributed by atoms with van der Waals surface area (Å²) < 4.78 is 24.2. The van der Waals surface area contributed by atoms with E-state index < -0.39 is 29.8 Å². The lowest BCUT2D eigenvalue weighted by molar-refractivity contribution is -0.128. The van der Waals surface area contributed by atoms with Gasteiger partial charge in [0.15, 0.2) is 6.10 Å². The third kappa shape index (κ3) is 5.32. The molecular weight excluding hydrogens is 391 g/mol. The first kappa shape index (κ1) is 20.8. The molecule has 7 nitrogen and oxygen atoms in total. The van der Waals surface area contributed by atoms with Crippen molar-refractivity contribution < 1.29 is 27.9 Å². The molecule has 0 bridgehead atoms. The van der Waals surface area contributed by atoms with Crippen LogP contribution in [0.5, 0.6) is 0 Å². The zero-order valence-corrected chi connectivity index (χ0v) is 16.1. The second kappa shape index (κ2) is 9.51. The molecule has 0 aliphatic heterocycles. The van der Waals surface area contributed by atoms with E-state index in [2.05, 4.69) is 10.6 Å². The number of imide groups is 1. The van der Waals surface area contributed by atoms with E-state index >= 15 is 0 Å². The monoisotopic (exact) mass is 410 g/mol. The maximum absolute atomic E-state index is 13.8. The quantitative estimate of drug-likeness (QED) is 0.605. The van der Waals surface area contributed by atoms with Gasteiger partial charge in [-0.3, -0.25) is 10.1 Å². The number of esters is 1. The van der Waals surface area contributed by atoms with Crippen LogP contribution in [0.1, 0.15) is 23.0 Å². The Bertz CT molecular complexity index is 1050. The molecule has 0 saturated carbocycles. The number of nitrogens with one attached hydrogen (secondary N) is 2. The molecule has 3 amide bonds. The highest BCUT2D eigenvalue weighted by molar-refractivity contribution is 5.98. The number of carbonyl (C=O) groups excluding carboxylic acids is 3. The summed E-state index contributed by atoms with van der Waals surface area (Å²) in [4.78, 5) is 36.1. The molecular formula is C22H19FN2O5. The number of hydrogen-bond acceptors (Lipinski definition) is 5. The van der Waals surface area contributed by atoms with Crippen molar-refractivity contribution in [3.63, 3.8) is 0 Å². The molecule has 2 aromatic carbocycles. The highest BCUT2D eigenvalue weighted by atomic mass is 19.1. The van der Waals surface area contributed by atoms with Crippen molar-refractivity contribution in [3.05, 3.63) is 83.9 Å². The summed E-state index contributed by atoms with van der Waals surface area (Å²) in [6.45, 7) is 1.55. The largest absolute Gasteiger partial charge is 0.449 e. The van der Waals surface area contributed by atoms with E-state index in [1.165, 1.54) is 37.3 Å². The number of urea groups is 1. The molecule has 0 unspecified atom stereocenters. The topological polar surface area (TPSA) is 97.6 Å². The summed E-state index contributed by atoms with van der Waals surface area (Å²) >= 11 is 0. The first-order valence-electron chi connectivity index (χ1n) is 9.12. The van der Waals surface area contributed by atoms with Crippen molar-refractivity contribution >= 4 is 17.9 Å². The van der Waals surface area contributed by atoms with Gasteiger partial charge in [-0.05, 0) is 36.8 Å². The number of ether oxygens (including phenoxy) is 1. The Morgan fingerprint density at radius 3 is 2.43 bits per heavy atom. The zero-order chi connectivity index (χ0) is 21.5. The SMILES string of the molecule is C[C@H](OC(=O)c1ccc(-c2ccccc2F)o1)C(=O)NC(=O)NCc1ccccc1. The Morgan fingerprint density at radius 1 is 1.00 bits per heavy atom. The molecule has 0 radical (unpaired) electrons. The standard InChI is InChI=1S/C22H19FN2O5/c1-14(20(26)25-22(28)24-13-15-7-3-2-4-8-15)29-21(27)19-12-11-18(30-19)16-9-5-6-10-17(16)23/h2-12,14H,13H2,1H3,(H2,24,25,26,28)/t14-/m0/s1. The minimum Gasteiger partial charge on any atom is -0.449 e. The lowest BCUT2D eigenvalue weighted by Gasteiger charge is -2.12. The number of carbonyl (C=O) groups is 3. The Morgan fingerprint density at radius 2 is 1.70 bits per heavy atom. The number of halogens is 1. The van der Waals surface area contributed by atoms with Crippen LogP contribution in [0, 0.1) is 5.82 Å². The Labute approximate surface area is 171 Å². The van der Waals surface area contributed by atoms with Gasteiger partial charge in [-0.15, -0.1) is 0 Å². The third-order valence-corrected chi connectivity index (χ3v) is 4.13. The third-order valence-electron chi connectivity index (χ3n) is 4.13. The van der Waals surface area contributed by atoms with E-state index in [-0.39, 0.29) is 23.6 Å². The van der Waals surface area contributed by atoms with Crippen LogP contribution in [0.2, 0.25) is 0 Å². The first-order valence-corrected chi connectivity index (χ1v) is 9.12. The Kier molecular flexibility index (Phi) is 6.59. The van der Waals surface area contributed by atoms with Crippen molar-refractivity contribution in [2.24, 2.45) is 0 Å². The normalized spacial score (nSPS) is 11.4. The van der Waals surface area contributed by atoms with Crippen LogP contribution in [-0.2, 0) is 16.1 Å². The molecule has 30 heavy (non-hydrogen) atoms. The van der Waals surface area contributed by atoms with Gasteiger partial charge >= 0.3 is 12.0 Å². The highest BCUT2D eigenvalue weighted by Crippen LogP contribution is 2.25. The van der Waals surface area contributed by atoms with E-state index in [1.54, 1.807) is 6.07 Å². The Hall–Kier alpha value is -3.94. The molecule has 0 fully saturated rings. The van der Waals surface area contributed by atoms with Gasteiger partial charge in [0.2, 0.25) is 5.76 Å². The number of hydrogen-bond donors (Lipinski definition) is 2. The maximum Gasteiger partial charge on any atom is 0.375 e. The van der Waals surface area contributed by atoms with Crippen LogP contribution < -0.4 is 10.6 Å². The minimum absolute atomic E-state index is 0.150. The van der Waals surface area contributed by atoms with Gasteiger partial charge in [0.1, 0.15) is 11.6 Å². The minimum atomic E-state index is -1.25. The molecule has 0 spiro atoms. The molecule has 3 rings (SSSR count). The highest BCUT2D eigenvalue weighted by Gasteiger charge is 2.23. The van der Waals surface area contributed by atoms with Gasteiger partial charge in [-0.25, -0.2) is 14.0 Å². The number of benzene rings is 2. The summed E-state index contributed by atoms with van der Waals surface area (Å²) in [6, 6.07) is 17.1. The van der Waals surface area contributed by atoms with Crippen LogP contribution >= 0.6 is 0 Å². The molecule has 0 aliphatic carbocycles. The fourth-order valence-corrected chi connectivity index (χ4v) is 2.56. The van der Waals surface area contributed by atoms with Gasteiger partial charge in [0.25, 0.3) is 5.91 Å². The van der Waals surface area contributed by atoms with Crippen molar-refractivity contribution in [1.82, 2.24) is 10.6 Å². The molecule has 2 N–H and O–H groups in total. The van der Waals surface area contributed by atoms with Crippen LogP contribution in [-0.4, -0.2) is 24.0 Å². The smallest absolute Gasteiger partial charge is 0.375 e. The average molecular weight is 410 g/mol. The molecule has 8 heteroatoms. The van der Waals surface area contributed by atoms with E-state index in [4.69, 9.17) is 9.15 Å². The predicted octanol–water partition coefficient (Wildman–Crippen LogP) is 3.66. The van der Waals surface area contributed by atoms with Gasteiger partial charge < -0.3 is 14.5 Å². The van der Waals surface area contributed by atoms with Crippen LogP contribution in [0.3, 0.4) is 0 Å². The molecule has 0 aliphatic rings. The number of amides is 3. The summed E-state index contributed by atoms with van der Waals surface area (Å²) in [5.74, 6) is -2.25. The molecule has 1 aromatic heterocycles. The summed E-state index contributed by atoms with van der Waals surface area (Å²) in [5, 5.41) is 4.63. The van der Waals surface area contributed by atoms with Crippen molar-refractivity contribution in [1.29, 1.82) is 0 Å². The van der Waals surface area contributed by atoms with E-state index in [9.17, 15) is 18.8 Å². The fraction of sp³-hybridized carbons (Fsp3) is 0.136. The van der Waals surface area contributed by atoms with Gasteiger partial charge in [0, 0.05) is 6.54 Å². The molecule has 154 valence electrons. The van der Waals surface area contributed by atoms with Gasteiger partial charge in [0.05, 0.1) is 5.56 Å². The van der Waals surface area contributed by atoms with Crippen LogP contribution in [0.15, 0.2) is 71.1 Å². The maximum atomic E-state index is 13.8. The first-order chi connectivity index (χ1) is 14.4. The Balaban J connectivity index is 1.52. The van der Waals surface area contributed by atoms with Crippen LogP contribution in [0.25, 0.3) is 11.3 Å². The summed E-state index contributed by atoms with van der Waals surface area (Å²) in [5.41, 5.74) is 1.06. The number of furan rings is 1. The van der Waals surface area contributed by atoms with Crippen LogP contribution in [0.4, 0.5) is 9.18 Å². The zero-order valence-electron chi connectivity index (χ0n) is 16.1. The van der Waals surface area contributed by atoms with Crippen molar-refractivity contribution in [2.75, 3.05) is 0 Å². The van der Waals surface area contributed by atoms with E-state index in [0.717, 1.165) is 5.56 Å².